The molecule has 156 valence electrons. The Balaban J connectivity index is 1.19. The van der Waals surface area contributed by atoms with Crippen molar-refractivity contribution in [3.05, 3.63) is 95.5 Å². The molecule has 3 amide bonds. The molecule has 0 saturated carbocycles. The van der Waals surface area contributed by atoms with Gasteiger partial charge in [-0.2, -0.15) is 0 Å². The Morgan fingerprint density at radius 2 is 1.65 bits per heavy atom. The summed E-state index contributed by atoms with van der Waals surface area (Å²) >= 11 is 0. The number of hydrogen-bond donors (Lipinski definition) is 1. The lowest BCUT2D eigenvalue weighted by Gasteiger charge is -2.26. The fraction of sp³-hybridized carbons (Fsp3) is 0.200. The van der Waals surface area contributed by atoms with Gasteiger partial charge < -0.3 is 19.5 Å². The highest BCUT2D eigenvalue weighted by atomic mass is 16.3. The molecule has 0 saturated heterocycles. The van der Waals surface area contributed by atoms with Crippen molar-refractivity contribution in [2.24, 2.45) is 0 Å². The number of hydrogen-bond acceptors (Lipinski definition) is 3. The molecule has 2 aromatic carbocycles. The number of rotatable bonds is 3. The highest BCUT2D eigenvalue weighted by Crippen LogP contribution is 2.26. The average Bonchev–Trinajstić information content (AvgIpc) is 3.49. The van der Waals surface area contributed by atoms with E-state index in [0.29, 0.717) is 31.7 Å². The number of anilines is 1. The minimum atomic E-state index is -0.0887. The molecule has 2 aliphatic rings. The van der Waals surface area contributed by atoms with E-state index >= 15 is 0 Å². The number of fused-ring (bicyclic) bond motifs is 1. The van der Waals surface area contributed by atoms with Gasteiger partial charge in [-0.3, -0.25) is 4.79 Å². The summed E-state index contributed by atoms with van der Waals surface area (Å²) in [6, 6.07) is 17.7. The summed E-state index contributed by atoms with van der Waals surface area (Å²) in [5.74, 6) is -0.00817. The topological polar surface area (TPSA) is 65.8 Å². The van der Waals surface area contributed by atoms with E-state index in [1.54, 1.807) is 6.07 Å². The van der Waals surface area contributed by atoms with Crippen LogP contribution in [-0.2, 0) is 13.1 Å². The number of benzene rings is 2. The lowest BCUT2D eigenvalue weighted by Crippen LogP contribution is -2.34. The monoisotopic (exact) mass is 413 g/mol. The van der Waals surface area contributed by atoms with Crippen LogP contribution in [0.3, 0.4) is 0 Å². The van der Waals surface area contributed by atoms with Gasteiger partial charge in [0.15, 0.2) is 0 Å². The zero-order chi connectivity index (χ0) is 21.2. The lowest BCUT2D eigenvalue weighted by atomic mass is 9.99. The second-order valence-electron chi connectivity index (χ2n) is 7.87. The molecule has 0 radical (unpaired) electrons. The second-order valence-corrected chi connectivity index (χ2v) is 7.87. The van der Waals surface area contributed by atoms with E-state index in [4.69, 9.17) is 4.42 Å². The number of carbonyl (C=O) groups excluding carboxylic acids is 2. The first kappa shape index (κ1) is 19.2. The molecule has 2 aliphatic heterocycles. The molecule has 6 nitrogen and oxygen atoms in total. The van der Waals surface area contributed by atoms with Crippen LogP contribution in [0.25, 0.3) is 5.57 Å². The average molecular weight is 413 g/mol. The maximum absolute atomic E-state index is 12.6. The van der Waals surface area contributed by atoms with Crippen LogP contribution < -0.4 is 5.32 Å². The molecular weight excluding hydrogens is 390 g/mol. The summed E-state index contributed by atoms with van der Waals surface area (Å²) < 4.78 is 5.01. The smallest absolute Gasteiger partial charge is 0.322 e. The number of furan rings is 1. The van der Waals surface area contributed by atoms with Crippen LogP contribution in [0.4, 0.5) is 10.5 Å². The van der Waals surface area contributed by atoms with Crippen molar-refractivity contribution >= 4 is 23.2 Å². The molecule has 0 atom stereocenters. The molecule has 0 unspecified atom stereocenters. The molecule has 31 heavy (non-hydrogen) atoms. The molecule has 3 heterocycles. The van der Waals surface area contributed by atoms with Crippen LogP contribution in [0, 0.1) is 0 Å². The molecule has 0 spiro atoms. The van der Waals surface area contributed by atoms with Gasteiger partial charge in [0, 0.05) is 31.9 Å². The maximum Gasteiger partial charge on any atom is 0.322 e. The number of nitrogens with zero attached hydrogens (tertiary/aromatic N) is 2. The van der Waals surface area contributed by atoms with Gasteiger partial charge in [-0.1, -0.05) is 42.5 Å². The van der Waals surface area contributed by atoms with Crippen molar-refractivity contribution in [3.8, 4) is 0 Å². The van der Waals surface area contributed by atoms with Crippen molar-refractivity contribution in [2.45, 2.75) is 19.5 Å². The Labute approximate surface area is 180 Å². The molecule has 6 heteroatoms. The fourth-order valence-corrected chi connectivity index (χ4v) is 4.13. The Kier molecular flexibility index (Phi) is 5.04. The Hall–Kier alpha value is -3.80. The van der Waals surface area contributed by atoms with Crippen molar-refractivity contribution in [1.82, 2.24) is 9.80 Å². The van der Waals surface area contributed by atoms with Crippen LogP contribution in [-0.4, -0.2) is 34.8 Å². The van der Waals surface area contributed by atoms with Gasteiger partial charge in [-0.15, -0.1) is 0 Å². The van der Waals surface area contributed by atoms with Crippen LogP contribution in [0.1, 0.15) is 33.5 Å². The molecule has 1 aromatic heterocycles. The largest absolute Gasteiger partial charge is 0.472 e. The number of nitrogens with one attached hydrogen (secondary N) is 1. The minimum Gasteiger partial charge on any atom is -0.472 e. The van der Waals surface area contributed by atoms with E-state index in [-0.39, 0.29) is 11.9 Å². The molecule has 0 aliphatic carbocycles. The van der Waals surface area contributed by atoms with E-state index in [1.165, 1.54) is 29.2 Å². The molecule has 0 fully saturated rings. The van der Waals surface area contributed by atoms with Crippen LogP contribution in [0.15, 0.2) is 77.6 Å². The zero-order valence-electron chi connectivity index (χ0n) is 17.1. The van der Waals surface area contributed by atoms with E-state index < -0.39 is 0 Å². The van der Waals surface area contributed by atoms with Gasteiger partial charge in [0.2, 0.25) is 0 Å². The predicted octanol–water partition coefficient (Wildman–Crippen LogP) is 4.76. The standard InChI is InChI=1S/C25H23N3O3/c29-24(22-11-14-31-17-22)27-12-9-19(10-13-27)18-5-7-23(8-6-18)26-25(30)28-15-20-3-1-2-4-21(20)16-28/h1-9,11,14,17H,10,12-13,15-16H2,(H,26,30). The van der Waals surface area contributed by atoms with E-state index in [1.807, 2.05) is 46.2 Å². The summed E-state index contributed by atoms with van der Waals surface area (Å²) in [5, 5.41) is 2.99. The minimum absolute atomic E-state index is 0.00817. The Bertz CT molecular complexity index is 1110. The Morgan fingerprint density at radius 3 is 2.26 bits per heavy atom. The summed E-state index contributed by atoms with van der Waals surface area (Å²) in [4.78, 5) is 28.7. The number of carbonyl (C=O) groups is 2. The summed E-state index contributed by atoms with van der Waals surface area (Å²) in [6.45, 7) is 2.53. The van der Waals surface area contributed by atoms with E-state index in [0.717, 1.165) is 17.7 Å². The van der Waals surface area contributed by atoms with Crippen molar-refractivity contribution in [3.63, 3.8) is 0 Å². The van der Waals surface area contributed by atoms with Crippen LogP contribution >= 0.6 is 0 Å². The SMILES string of the molecule is O=C(Nc1ccc(C2=CCN(C(=O)c3ccoc3)CC2)cc1)N1Cc2ccccc2C1. The van der Waals surface area contributed by atoms with E-state index in [9.17, 15) is 9.59 Å². The first-order valence-electron chi connectivity index (χ1n) is 10.4. The van der Waals surface area contributed by atoms with Gasteiger partial charge in [0.1, 0.15) is 6.26 Å². The van der Waals surface area contributed by atoms with E-state index in [2.05, 4.69) is 23.5 Å². The van der Waals surface area contributed by atoms with Crippen molar-refractivity contribution in [2.75, 3.05) is 18.4 Å². The molecule has 5 rings (SSSR count). The van der Waals surface area contributed by atoms with Gasteiger partial charge in [0.25, 0.3) is 5.91 Å². The number of urea groups is 1. The van der Waals surface area contributed by atoms with Crippen LogP contribution in [0.5, 0.6) is 0 Å². The predicted molar refractivity (Wildman–Crippen MR) is 118 cm³/mol. The van der Waals surface area contributed by atoms with Gasteiger partial charge in [0.05, 0.1) is 11.8 Å². The van der Waals surface area contributed by atoms with Crippen molar-refractivity contribution in [1.29, 1.82) is 0 Å². The van der Waals surface area contributed by atoms with Gasteiger partial charge in [-0.25, -0.2) is 4.79 Å². The first-order valence-corrected chi connectivity index (χ1v) is 10.4. The third kappa shape index (κ3) is 3.97. The third-order valence-electron chi connectivity index (χ3n) is 5.90. The molecular formula is C25H23N3O3. The summed E-state index contributed by atoms with van der Waals surface area (Å²) in [5.41, 5.74) is 6.09. The summed E-state index contributed by atoms with van der Waals surface area (Å²) in [7, 11) is 0. The molecule has 0 bridgehead atoms. The lowest BCUT2D eigenvalue weighted by molar-refractivity contribution is 0.0772. The normalized spacial score (nSPS) is 15.4. The maximum atomic E-state index is 12.6. The quantitative estimate of drug-likeness (QED) is 0.673. The third-order valence-corrected chi connectivity index (χ3v) is 5.90. The summed E-state index contributed by atoms with van der Waals surface area (Å²) in [6.07, 6.45) is 5.88. The zero-order valence-corrected chi connectivity index (χ0v) is 17.1. The molecule has 3 aromatic rings. The second kappa shape index (κ2) is 8.14. The highest BCUT2D eigenvalue weighted by Gasteiger charge is 2.23. The van der Waals surface area contributed by atoms with Gasteiger partial charge >= 0.3 is 6.03 Å². The van der Waals surface area contributed by atoms with Crippen molar-refractivity contribution < 1.29 is 14.0 Å². The fourth-order valence-electron chi connectivity index (χ4n) is 4.13. The van der Waals surface area contributed by atoms with Gasteiger partial charge in [-0.05, 0) is 46.9 Å². The first-order chi connectivity index (χ1) is 15.2. The highest BCUT2D eigenvalue weighted by molar-refractivity contribution is 5.94. The molecule has 1 N–H and O–H groups in total. The number of amides is 3. The van der Waals surface area contributed by atoms with Crippen LogP contribution in [0.2, 0.25) is 0 Å². The Morgan fingerprint density at radius 1 is 0.903 bits per heavy atom.